The number of alkyl halides is 1. The van der Waals surface area contributed by atoms with Crippen molar-refractivity contribution in [3.05, 3.63) is 0 Å². The number of esters is 1. The summed E-state index contributed by atoms with van der Waals surface area (Å²) in [5, 5.41) is 0. The molecular formula is C12H19FO5. The van der Waals surface area contributed by atoms with Crippen molar-refractivity contribution < 1.29 is 28.1 Å². The molecule has 0 bridgehead atoms. The van der Waals surface area contributed by atoms with Gasteiger partial charge in [0.05, 0.1) is 0 Å². The van der Waals surface area contributed by atoms with Gasteiger partial charge in [0.25, 0.3) is 0 Å². The van der Waals surface area contributed by atoms with Crippen LogP contribution in [0.5, 0.6) is 0 Å². The molecule has 18 heavy (non-hydrogen) atoms. The number of ether oxygens (including phenoxy) is 4. The predicted molar refractivity (Wildman–Crippen MR) is 59.5 cm³/mol. The minimum absolute atomic E-state index is 0.0101. The summed E-state index contributed by atoms with van der Waals surface area (Å²) in [7, 11) is 0. The Morgan fingerprint density at radius 1 is 1.28 bits per heavy atom. The van der Waals surface area contributed by atoms with Crippen LogP contribution in [0.1, 0.15) is 33.6 Å². The van der Waals surface area contributed by atoms with E-state index >= 15 is 0 Å². The molecule has 2 aliphatic rings. The molecule has 2 saturated heterocycles. The van der Waals surface area contributed by atoms with Gasteiger partial charge in [0.2, 0.25) is 6.36 Å². The summed E-state index contributed by atoms with van der Waals surface area (Å²) in [6.07, 6.45) is -2.10. The molecule has 2 fully saturated rings. The Morgan fingerprint density at radius 2 is 1.89 bits per heavy atom. The number of carbonyl (C=O) groups excluding carboxylic acids is 1. The van der Waals surface area contributed by atoms with E-state index in [-0.39, 0.29) is 6.61 Å². The number of carbonyl (C=O) groups is 1. The highest BCUT2D eigenvalue weighted by atomic mass is 19.1. The number of hydrogen-bond acceptors (Lipinski definition) is 5. The van der Waals surface area contributed by atoms with E-state index < -0.39 is 36.4 Å². The van der Waals surface area contributed by atoms with E-state index in [1.54, 1.807) is 0 Å². The zero-order valence-electron chi connectivity index (χ0n) is 10.8. The highest BCUT2D eigenvalue weighted by Gasteiger charge is 2.57. The minimum Gasteiger partial charge on any atom is -0.463 e. The van der Waals surface area contributed by atoms with Crippen LogP contribution in [0.15, 0.2) is 0 Å². The third kappa shape index (κ3) is 2.37. The molecule has 0 aliphatic carbocycles. The van der Waals surface area contributed by atoms with Crippen molar-refractivity contribution in [1.82, 2.24) is 0 Å². The maximum atomic E-state index is 13.7. The van der Waals surface area contributed by atoms with Crippen molar-refractivity contribution in [2.45, 2.75) is 64.1 Å². The monoisotopic (exact) mass is 262 g/mol. The van der Waals surface area contributed by atoms with Gasteiger partial charge in [-0.2, -0.15) is 0 Å². The van der Waals surface area contributed by atoms with Gasteiger partial charge < -0.3 is 18.9 Å². The van der Waals surface area contributed by atoms with E-state index in [0.717, 1.165) is 0 Å². The van der Waals surface area contributed by atoms with Crippen LogP contribution in [0.4, 0.5) is 4.39 Å². The standard InChI is InChI=1S/C12H19FO5/c1-4-12(5-2)17-9-8(6-15-7(3)14)16-11(13)10(9)18-12/h8-11H,4-6H2,1-3H3/t8-,9-,10-,11-/m1/s1. The highest BCUT2D eigenvalue weighted by Crippen LogP contribution is 2.42. The average Bonchev–Trinajstić information content (AvgIpc) is 2.85. The minimum atomic E-state index is -1.53. The summed E-state index contributed by atoms with van der Waals surface area (Å²) in [6.45, 7) is 5.15. The van der Waals surface area contributed by atoms with Gasteiger partial charge in [-0.25, -0.2) is 4.39 Å². The smallest absolute Gasteiger partial charge is 0.302 e. The molecule has 5 nitrogen and oxygen atoms in total. The fraction of sp³-hybridized carbons (Fsp3) is 0.917. The van der Waals surface area contributed by atoms with E-state index in [0.29, 0.717) is 12.8 Å². The van der Waals surface area contributed by atoms with Gasteiger partial charge in [0.1, 0.15) is 24.9 Å². The van der Waals surface area contributed by atoms with E-state index in [1.807, 2.05) is 13.8 Å². The topological polar surface area (TPSA) is 54.0 Å². The van der Waals surface area contributed by atoms with Gasteiger partial charge in [-0.3, -0.25) is 4.79 Å². The average molecular weight is 262 g/mol. The predicted octanol–water partition coefficient (Wildman–Crippen LogP) is 1.54. The molecule has 0 aromatic rings. The summed E-state index contributed by atoms with van der Waals surface area (Å²) >= 11 is 0. The van der Waals surface area contributed by atoms with Crippen LogP contribution in [0.2, 0.25) is 0 Å². The van der Waals surface area contributed by atoms with Gasteiger partial charge in [-0.05, 0) is 12.8 Å². The molecule has 0 aromatic heterocycles. The summed E-state index contributed by atoms with van der Waals surface area (Å²) in [5.74, 6) is -1.16. The van der Waals surface area contributed by atoms with Gasteiger partial charge in [0.15, 0.2) is 5.79 Å². The van der Waals surface area contributed by atoms with E-state index in [4.69, 9.17) is 18.9 Å². The lowest BCUT2D eigenvalue weighted by molar-refractivity contribution is -0.229. The Balaban J connectivity index is 2.03. The van der Waals surface area contributed by atoms with Crippen molar-refractivity contribution in [3.8, 4) is 0 Å². The molecule has 0 saturated carbocycles. The fourth-order valence-corrected chi connectivity index (χ4v) is 2.39. The summed E-state index contributed by atoms with van der Waals surface area (Å²) in [5.41, 5.74) is 0. The van der Waals surface area contributed by atoms with Gasteiger partial charge >= 0.3 is 5.97 Å². The number of rotatable bonds is 4. The molecule has 2 heterocycles. The maximum Gasteiger partial charge on any atom is 0.302 e. The molecule has 0 spiro atoms. The van der Waals surface area contributed by atoms with Gasteiger partial charge in [-0.15, -0.1) is 0 Å². The third-order valence-corrected chi connectivity index (χ3v) is 3.48. The zero-order chi connectivity index (χ0) is 13.3. The quantitative estimate of drug-likeness (QED) is 0.719. The number of fused-ring (bicyclic) bond motifs is 1. The second-order valence-electron chi connectivity index (χ2n) is 4.61. The molecule has 6 heteroatoms. The Bertz CT molecular complexity index is 318. The normalized spacial score (nSPS) is 37.6. The van der Waals surface area contributed by atoms with Crippen molar-refractivity contribution in [2.24, 2.45) is 0 Å². The molecule has 0 N–H and O–H groups in total. The molecule has 0 amide bonds. The molecule has 2 rings (SSSR count). The molecule has 0 aromatic carbocycles. The first-order valence-corrected chi connectivity index (χ1v) is 6.30. The molecule has 104 valence electrons. The number of halogens is 1. The lowest BCUT2D eigenvalue weighted by Crippen LogP contribution is -2.35. The van der Waals surface area contributed by atoms with Crippen molar-refractivity contribution >= 4 is 5.97 Å². The lowest BCUT2D eigenvalue weighted by Gasteiger charge is -2.27. The van der Waals surface area contributed by atoms with Crippen LogP contribution in [0.3, 0.4) is 0 Å². The lowest BCUT2D eigenvalue weighted by atomic mass is 10.1. The first-order valence-electron chi connectivity index (χ1n) is 6.30. The van der Waals surface area contributed by atoms with E-state index in [2.05, 4.69) is 0 Å². The number of hydrogen-bond donors (Lipinski definition) is 0. The fourth-order valence-electron chi connectivity index (χ4n) is 2.39. The highest BCUT2D eigenvalue weighted by molar-refractivity contribution is 5.65. The first-order chi connectivity index (χ1) is 8.51. The van der Waals surface area contributed by atoms with Crippen molar-refractivity contribution in [2.75, 3.05) is 6.61 Å². The van der Waals surface area contributed by atoms with E-state index in [1.165, 1.54) is 6.92 Å². The van der Waals surface area contributed by atoms with E-state index in [9.17, 15) is 9.18 Å². The van der Waals surface area contributed by atoms with Crippen LogP contribution in [-0.2, 0) is 23.7 Å². The maximum absolute atomic E-state index is 13.7. The van der Waals surface area contributed by atoms with Crippen LogP contribution in [0.25, 0.3) is 0 Å². The van der Waals surface area contributed by atoms with Crippen molar-refractivity contribution in [1.29, 1.82) is 0 Å². The Kier molecular flexibility index (Phi) is 3.89. The molecule has 2 aliphatic heterocycles. The van der Waals surface area contributed by atoms with Crippen LogP contribution in [0, 0.1) is 0 Å². The Morgan fingerprint density at radius 3 is 2.44 bits per heavy atom. The largest absolute Gasteiger partial charge is 0.463 e. The summed E-state index contributed by atoms with van der Waals surface area (Å²) in [6, 6.07) is 0. The van der Waals surface area contributed by atoms with Gasteiger partial charge in [0, 0.05) is 6.92 Å². The Labute approximate surface area is 106 Å². The molecular weight excluding hydrogens is 243 g/mol. The SMILES string of the molecule is CCC1(CC)O[C@@H]2[C@H](O1)[C@@H](COC(C)=O)O[C@H]2F. The van der Waals surface area contributed by atoms with Crippen molar-refractivity contribution in [3.63, 3.8) is 0 Å². The van der Waals surface area contributed by atoms with Crippen LogP contribution in [-0.4, -0.2) is 43.0 Å². The first kappa shape index (κ1) is 13.7. The van der Waals surface area contributed by atoms with Crippen LogP contribution < -0.4 is 0 Å². The molecule has 0 unspecified atom stereocenters. The second kappa shape index (κ2) is 5.11. The van der Waals surface area contributed by atoms with Crippen LogP contribution >= 0.6 is 0 Å². The summed E-state index contributed by atoms with van der Waals surface area (Å²) < 4.78 is 35.1. The molecule has 0 radical (unpaired) electrons. The molecule has 4 atom stereocenters. The summed E-state index contributed by atoms with van der Waals surface area (Å²) in [4.78, 5) is 10.8. The van der Waals surface area contributed by atoms with Gasteiger partial charge in [-0.1, -0.05) is 13.8 Å². The second-order valence-corrected chi connectivity index (χ2v) is 4.61. The Hall–Kier alpha value is -0.720. The zero-order valence-corrected chi connectivity index (χ0v) is 10.8. The third-order valence-electron chi connectivity index (χ3n) is 3.48.